The van der Waals surface area contributed by atoms with E-state index in [4.69, 9.17) is 19.2 Å². The Bertz CT molecular complexity index is 1560. The summed E-state index contributed by atoms with van der Waals surface area (Å²) in [6.07, 6.45) is 1.56. The maximum absolute atomic E-state index is 13.3. The molecule has 10 heteroatoms. The van der Waals surface area contributed by atoms with Crippen molar-refractivity contribution in [1.82, 2.24) is 19.7 Å². The Balaban J connectivity index is 1.35. The lowest BCUT2D eigenvalue weighted by atomic mass is 10.1. The molecule has 0 fully saturated rings. The third-order valence-corrected chi connectivity index (χ3v) is 6.32. The second-order valence-corrected chi connectivity index (χ2v) is 8.98. The number of pyridine rings is 1. The van der Waals surface area contributed by atoms with E-state index in [0.717, 1.165) is 10.5 Å². The van der Waals surface area contributed by atoms with Gasteiger partial charge in [-0.05, 0) is 50.2 Å². The van der Waals surface area contributed by atoms with Gasteiger partial charge >= 0.3 is 5.97 Å². The molecule has 6 rings (SSSR count). The van der Waals surface area contributed by atoms with E-state index in [1.54, 1.807) is 47.3 Å². The summed E-state index contributed by atoms with van der Waals surface area (Å²) in [5.74, 6) is -0.469. The molecular weight excluding hydrogens is 476 g/mol. The first-order valence-corrected chi connectivity index (χ1v) is 11.8. The van der Waals surface area contributed by atoms with Crippen molar-refractivity contribution in [2.24, 2.45) is 0 Å². The third kappa shape index (κ3) is 3.77. The van der Waals surface area contributed by atoms with Crippen molar-refractivity contribution >= 4 is 28.8 Å². The van der Waals surface area contributed by atoms with Crippen molar-refractivity contribution in [2.45, 2.75) is 19.9 Å². The highest BCUT2D eigenvalue weighted by Gasteiger charge is 2.36. The smallest absolute Gasteiger partial charge is 0.340 e. The second kappa shape index (κ2) is 8.74. The molecule has 0 N–H and O–H groups in total. The molecule has 0 aliphatic carbocycles. The maximum atomic E-state index is 13.3. The highest BCUT2D eigenvalue weighted by Crippen LogP contribution is 2.35. The molecule has 0 spiro atoms. The first-order valence-electron chi connectivity index (χ1n) is 11.8. The number of esters is 1. The van der Waals surface area contributed by atoms with Gasteiger partial charge in [0.1, 0.15) is 13.2 Å². The van der Waals surface area contributed by atoms with E-state index in [1.165, 1.54) is 0 Å². The quantitative estimate of drug-likeness (QED) is 0.301. The minimum atomic E-state index is -0.703. The standard InChI is InChI=1S/C27H22N4O6/c1-15(2)31-24-20(13-28-31)19(12-21(29-24)16-7-8-22-23(11-16)36-10-9-35-22)27(34)37-14-30-25(32)17-5-3-4-6-18(17)26(30)33/h3-8,11-13,15H,9-10,14H2,1-2H3. The number of aromatic nitrogens is 3. The summed E-state index contributed by atoms with van der Waals surface area (Å²) in [7, 11) is 0. The van der Waals surface area contributed by atoms with Crippen LogP contribution in [0.2, 0.25) is 0 Å². The van der Waals surface area contributed by atoms with Gasteiger partial charge in [-0.1, -0.05) is 12.1 Å². The molecule has 186 valence electrons. The molecule has 2 aliphatic rings. The van der Waals surface area contributed by atoms with Gasteiger partial charge in [-0.15, -0.1) is 0 Å². The SMILES string of the molecule is CC(C)n1ncc2c(C(=O)OCN3C(=O)c4ccccc4C3=O)cc(-c3ccc4c(c3)OCCO4)nc21. The lowest BCUT2D eigenvalue weighted by molar-refractivity contribution is 0.0229. The lowest BCUT2D eigenvalue weighted by Gasteiger charge is -2.19. The van der Waals surface area contributed by atoms with Crippen molar-refractivity contribution in [3.63, 3.8) is 0 Å². The number of carbonyl (C=O) groups excluding carboxylic acids is 3. The van der Waals surface area contributed by atoms with E-state index in [2.05, 4.69) is 5.10 Å². The summed E-state index contributed by atoms with van der Waals surface area (Å²) in [6, 6.07) is 13.6. The monoisotopic (exact) mass is 498 g/mol. The van der Waals surface area contributed by atoms with Gasteiger partial charge in [0.05, 0.1) is 34.0 Å². The van der Waals surface area contributed by atoms with E-state index in [-0.39, 0.29) is 22.7 Å². The third-order valence-electron chi connectivity index (χ3n) is 6.32. The van der Waals surface area contributed by atoms with E-state index < -0.39 is 24.5 Å². The van der Waals surface area contributed by atoms with Crippen LogP contribution in [0.3, 0.4) is 0 Å². The number of hydrogen-bond acceptors (Lipinski definition) is 8. The predicted molar refractivity (Wildman–Crippen MR) is 132 cm³/mol. The molecule has 0 unspecified atom stereocenters. The Morgan fingerprint density at radius 3 is 2.41 bits per heavy atom. The largest absolute Gasteiger partial charge is 0.486 e. The van der Waals surface area contributed by atoms with Crippen molar-refractivity contribution in [3.05, 3.63) is 71.4 Å². The fourth-order valence-corrected chi connectivity index (χ4v) is 4.47. The number of nitrogens with zero attached hydrogens (tertiary/aromatic N) is 4. The lowest BCUT2D eigenvalue weighted by Crippen LogP contribution is -2.33. The van der Waals surface area contributed by atoms with E-state index in [0.29, 0.717) is 41.4 Å². The first kappa shape index (κ1) is 22.7. The van der Waals surface area contributed by atoms with Crippen LogP contribution in [0.5, 0.6) is 11.5 Å². The van der Waals surface area contributed by atoms with Crippen molar-refractivity contribution in [2.75, 3.05) is 19.9 Å². The molecule has 10 nitrogen and oxygen atoms in total. The fraction of sp³-hybridized carbons (Fsp3) is 0.222. The Hall–Kier alpha value is -4.73. The molecule has 2 amide bonds. The van der Waals surface area contributed by atoms with Gasteiger partial charge in [0, 0.05) is 11.6 Å². The zero-order chi connectivity index (χ0) is 25.7. The number of rotatable bonds is 5. The molecule has 4 heterocycles. The molecule has 0 saturated heterocycles. The van der Waals surface area contributed by atoms with Gasteiger partial charge < -0.3 is 14.2 Å². The van der Waals surface area contributed by atoms with Crippen LogP contribution < -0.4 is 9.47 Å². The number of amides is 2. The maximum Gasteiger partial charge on any atom is 0.340 e. The number of imide groups is 1. The summed E-state index contributed by atoms with van der Waals surface area (Å²) in [5, 5.41) is 4.92. The Labute approximate surface area is 211 Å². The molecule has 0 radical (unpaired) electrons. The molecule has 4 aromatic rings. The Morgan fingerprint density at radius 1 is 1.00 bits per heavy atom. The molecule has 2 aromatic heterocycles. The van der Waals surface area contributed by atoms with Crippen molar-refractivity contribution < 1.29 is 28.6 Å². The highest BCUT2D eigenvalue weighted by atomic mass is 16.6. The highest BCUT2D eigenvalue weighted by molar-refractivity contribution is 6.21. The Morgan fingerprint density at radius 2 is 1.70 bits per heavy atom. The molecule has 0 atom stereocenters. The number of carbonyl (C=O) groups is 3. The predicted octanol–water partition coefficient (Wildman–Crippen LogP) is 3.86. The number of benzene rings is 2. The van der Waals surface area contributed by atoms with Gasteiger partial charge in [-0.25, -0.2) is 19.4 Å². The van der Waals surface area contributed by atoms with Crippen LogP contribution in [-0.4, -0.2) is 57.4 Å². The van der Waals surface area contributed by atoms with Gasteiger partial charge in [0.15, 0.2) is 23.9 Å². The van der Waals surface area contributed by atoms with Gasteiger partial charge in [0.25, 0.3) is 11.8 Å². The number of ether oxygens (including phenoxy) is 3. The summed E-state index contributed by atoms with van der Waals surface area (Å²) in [5.41, 5.74) is 2.54. The molecule has 2 aliphatic heterocycles. The van der Waals surface area contributed by atoms with Crippen LogP contribution in [0.1, 0.15) is 51.0 Å². The zero-order valence-corrected chi connectivity index (χ0v) is 20.1. The van der Waals surface area contributed by atoms with Gasteiger partial charge in [0.2, 0.25) is 0 Å². The van der Waals surface area contributed by atoms with E-state index >= 15 is 0 Å². The summed E-state index contributed by atoms with van der Waals surface area (Å²) in [6.45, 7) is 4.34. The molecule has 2 aromatic carbocycles. The second-order valence-electron chi connectivity index (χ2n) is 8.98. The molecule has 37 heavy (non-hydrogen) atoms. The fourth-order valence-electron chi connectivity index (χ4n) is 4.47. The van der Waals surface area contributed by atoms with E-state index in [1.807, 2.05) is 26.0 Å². The van der Waals surface area contributed by atoms with Crippen LogP contribution in [0.15, 0.2) is 54.7 Å². The summed E-state index contributed by atoms with van der Waals surface area (Å²) < 4.78 is 18.5. The molecule has 0 bridgehead atoms. The van der Waals surface area contributed by atoms with Crippen LogP contribution in [0, 0.1) is 0 Å². The molecule has 0 saturated carbocycles. The normalized spacial score (nSPS) is 14.4. The van der Waals surface area contributed by atoms with Crippen LogP contribution in [0.25, 0.3) is 22.3 Å². The van der Waals surface area contributed by atoms with Crippen LogP contribution in [0.4, 0.5) is 0 Å². The summed E-state index contributed by atoms with van der Waals surface area (Å²) in [4.78, 5) is 44.4. The van der Waals surface area contributed by atoms with Crippen LogP contribution >= 0.6 is 0 Å². The van der Waals surface area contributed by atoms with E-state index in [9.17, 15) is 14.4 Å². The Kier molecular flexibility index (Phi) is 5.36. The molecular formula is C27H22N4O6. The minimum absolute atomic E-state index is 0.0114. The first-order chi connectivity index (χ1) is 17.9. The number of hydrogen-bond donors (Lipinski definition) is 0. The van der Waals surface area contributed by atoms with Gasteiger partial charge in [-0.2, -0.15) is 5.10 Å². The van der Waals surface area contributed by atoms with Gasteiger partial charge in [-0.3, -0.25) is 9.59 Å². The number of fused-ring (bicyclic) bond motifs is 3. The van der Waals surface area contributed by atoms with Crippen molar-refractivity contribution in [3.8, 4) is 22.8 Å². The zero-order valence-electron chi connectivity index (χ0n) is 20.1. The topological polar surface area (TPSA) is 113 Å². The average molecular weight is 498 g/mol. The minimum Gasteiger partial charge on any atom is -0.486 e. The summed E-state index contributed by atoms with van der Waals surface area (Å²) >= 11 is 0. The average Bonchev–Trinajstić information content (AvgIpc) is 3.46. The van der Waals surface area contributed by atoms with Crippen LogP contribution in [-0.2, 0) is 4.74 Å². The van der Waals surface area contributed by atoms with Crippen molar-refractivity contribution in [1.29, 1.82) is 0 Å².